The first-order valence-electron chi connectivity index (χ1n) is 10.6. The number of halogens is 2. The minimum Gasteiger partial charge on any atom is -0.319 e. The predicted molar refractivity (Wildman–Crippen MR) is 132 cm³/mol. The fourth-order valence-electron chi connectivity index (χ4n) is 3.61. The topological polar surface area (TPSA) is 59.8 Å². The van der Waals surface area contributed by atoms with Gasteiger partial charge in [-0.2, -0.15) is 0 Å². The summed E-state index contributed by atoms with van der Waals surface area (Å²) in [6.07, 6.45) is 0. The van der Waals surface area contributed by atoms with Crippen LogP contribution in [0.4, 0.5) is 10.1 Å². The van der Waals surface area contributed by atoms with Crippen molar-refractivity contribution in [1.82, 2.24) is 14.8 Å². The number of nitrogens with zero attached hydrogens (tertiary/aromatic N) is 3. The Labute approximate surface area is 200 Å². The first-order valence-corrected chi connectivity index (χ1v) is 11.4. The summed E-state index contributed by atoms with van der Waals surface area (Å²) < 4.78 is 16.1. The summed E-state index contributed by atoms with van der Waals surface area (Å²) in [5.41, 5.74) is 5.23. The second kappa shape index (κ2) is 9.27. The number of benzene rings is 3. The van der Waals surface area contributed by atoms with Crippen molar-refractivity contribution < 1.29 is 9.18 Å². The Morgan fingerprint density at radius 2 is 1.76 bits per heavy atom. The average molecular weight is 507 g/mol. The van der Waals surface area contributed by atoms with Crippen molar-refractivity contribution in [2.75, 3.05) is 5.32 Å². The van der Waals surface area contributed by atoms with Gasteiger partial charge in [0.05, 0.1) is 5.69 Å². The van der Waals surface area contributed by atoms with Crippen LogP contribution in [0, 0.1) is 19.7 Å². The molecule has 33 heavy (non-hydrogen) atoms. The van der Waals surface area contributed by atoms with Crippen LogP contribution in [-0.2, 0) is 0 Å². The summed E-state index contributed by atoms with van der Waals surface area (Å²) in [4.78, 5) is 17.7. The molecule has 0 saturated carbocycles. The molecule has 5 nitrogen and oxygen atoms in total. The zero-order chi connectivity index (χ0) is 23.7. The lowest BCUT2D eigenvalue weighted by atomic mass is 10.0. The van der Waals surface area contributed by atoms with Crippen LogP contribution in [0.3, 0.4) is 0 Å². The van der Waals surface area contributed by atoms with E-state index in [1.807, 2.05) is 50.2 Å². The van der Waals surface area contributed by atoms with Crippen molar-refractivity contribution in [2.45, 2.75) is 33.6 Å². The molecule has 0 fully saturated rings. The van der Waals surface area contributed by atoms with E-state index in [-0.39, 0.29) is 17.6 Å². The first-order chi connectivity index (χ1) is 15.7. The number of nitrogens with one attached hydrogen (secondary N) is 1. The summed E-state index contributed by atoms with van der Waals surface area (Å²) in [6.45, 7) is 8.10. The van der Waals surface area contributed by atoms with Crippen molar-refractivity contribution in [3.63, 3.8) is 0 Å². The van der Waals surface area contributed by atoms with Gasteiger partial charge in [0.1, 0.15) is 5.82 Å². The van der Waals surface area contributed by atoms with Gasteiger partial charge in [-0.05, 0) is 85.0 Å². The van der Waals surface area contributed by atoms with Gasteiger partial charge < -0.3 is 5.32 Å². The van der Waals surface area contributed by atoms with Crippen LogP contribution in [0.5, 0.6) is 0 Å². The third-order valence-corrected chi connectivity index (χ3v) is 5.88. The van der Waals surface area contributed by atoms with Gasteiger partial charge in [-0.3, -0.25) is 4.79 Å². The van der Waals surface area contributed by atoms with E-state index < -0.39 is 5.91 Å². The monoisotopic (exact) mass is 506 g/mol. The number of carbonyl (C=O) groups is 1. The molecule has 0 aliphatic heterocycles. The summed E-state index contributed by atoms with van der Waals surface area (Å²) in [5.74, 6) is -0.0350. The Morgan fingerprint density at radius 1 is 1.03 bits per heavy atom. The molecule has 0 spiro atoms. The van der Waals surface area contributed by atoms with Crippen molar-refractivity contribution in [3.8, 4) is 17.1 Å². The van der Waals surface area contributed by atoms with E-state index in [4.69, 9.17) is 0 Å². The number of rotatable bonds is 5. The largest absolute Gasteiger partial charge is 0.319 e. The lowest BCUT2D eigenvalue weighted by Crippen LogP contribution is -2.16. The summed E-state index contributed by atoms with van der Waals surface area (Å²) in [6, 6.07) is 17.7. The molecule has 0 aliphatic rings. The Hall–Kier alpha value is -3.32. The third kappa shape index (κ3) is 4.88. The molecule has 0 saturated heterocycles. The fraction of sp³-hybridized carbons (Fsp3) is 0.192. The molecule has 7 heteroatoms. The number of anilines is 1. The molecule has 1 amide bonds. The second-order valence-corrected chi connectivity index (χ2v) is 9.22. The van der Waals surface area contributed by atoms with Gasteiger partial charge in [0, 0.05) is 15.7 Å². The normalized spacial score (nSPS) is 11.1. The average Bonchev–Trinajstić information content (AvgIpc) is 3.22. The van der Waals surface area contributed by atoms with Crippen molar-refractivity contribution in [1.29, 1.82) is 0 Å². The van der Waals surface area contributed by atoms with Crippen LogP contribution < -0.4 is 5.32 Å². The SMILES string of the molecule is Cc1ccc(C)c(-n2nc(C(=O)Nc3ccc(Br)cc3C(C)C)nc2-c2ccc(F)cc2)c1. The van der Waals surface area contributed by atoms with Crippen LogP contribution in [-0.4, -0.2) is 20.7 Å². The number of hydrogen-bond donors (Lipinski definition) is 1. The lowest BCUT2D eigenvalue weighted by molar-refractivity contribution is 0.101. The van der Waals surface area contributed by atoms with Crippen LogP contribution in [0.1, 0.15) is 47.1 Å². The molecular weight excluding hydrogens is 483 g/mol. The first kappa shape index (κ1) is 22.9. The van der Waals surface area contributed by atoms with Crippen LogP contribution >= 0.6 is 15.9 Å². The van der Waals surface area contributed by atoms with Gasteiger partial charge in [-0.25, -0.2) is 14.1 Å². The maximum Gasteiger partial charge on any atom is 0.295 e. The van der Waals surface area contributed by atoms with Gasteiger partial charge >= 0.3 is 0 Å². The zero-order valence-corrected chi connectivity index (χ0v) is 20.4. The maximum absolute atomic E-state index is 13.5. The van der Waals surface area contributed by atoms with Crippen molar-refractivity contribution >= 4 is 27.5 Å². The minimum absolute atomic E-state index is 0.0351. The highest BCUT2D eigenvalue weighted by Gasteiger charge is 2.21. The molecule has 4 rings (SSSR count). The molecule has 0 unspecified atom stereocenters. The van der Waals surface area contributed by atoms with Gasteiger partial charge in [0.25, 0.3) is 5.91 Å². The van der Waals surface area contributed by atoms with Crippen molar-refractivity contribution in [2.24, 2.45) is 0 Å². The number of aromatic nitrogens is 3. The molecule has 3 aromatic carbocycles. The zero-order valence-electron chi connectivity index (χ0n) is 18.9. The van der Waals surface area contributed by atoms with E-state index >= 15 is 0 Å². The number of amides is 1. The lowest BCUT2D eigenvalue weighted by Gasteiger charge is -2.13. The van der Waals surface area contributed by atoms with E-state index in [1.54, 1.807) is 16.8 Å². The van der Waals surface area contributed by atoms with Gasteiger partial charge in [-0.15, -0.1) is 5.10 Å². The fourth-order valence-corrected chi connectivity index (χ4v) is 3.99. The van der Waals surface area contributed by atoms with E-state index in [1.165, 1.54) is 12.1 Å². The van der Waals surface area contributed by atoms with Crippen molar-refractivity contribution in [3.05, 3.63) is 93.5 Å². The number of aryl methyl sites for hydroxylation is 2. The van der Waals surface area contributed by atoms with Crippen LogP contribution in [0.2, 0.25) is 0 Å². The van der Waals surface area contributed by atoms with E-state index in [0.29, 0.717) is 17.1 Å². The molecule has 0 radical (unpaired) electrons. The predicted octanol–water partition coefficient (Wildman–Crippen LogP) is 6.83. The van der Waals surface area contributed by atoms with Crippen LogP contribution in [0.15, 0.2) is 65.1 Å². The number of carbonyl (C=O) groups excluding carboxylic acids is 1. The maximum atomic E-state index is 13.5. The Morgan fingerprint density at radius 3 is 2.45 bits per heavy atom. The Kier molecular flexibility index (Phi) is 6.42. The molecule has 4 aromatic rings. The molecule has 1 heterocycles. The van der Waals surface area contributed by atoms with E-state index in [0.717, 1.165) is 26.9 Å². The summed E-state index contributed by atoms with van der Waals surface area (Å²) in [5, 5.41) is 7.52. The summed E-state index contributed by atoms with van der Waals surface area (Å²) >= 11 is 3.49. The number of hydrogen-bond acceptors (Lipinski definition) is 3. The molecule has 168 valence electrons. The van der Waals surface area contributed by atoms with E-state index in [9.17, 15) is 9.18 Å². The molecule has 0 bridgehead atoms. The van der Waals surface area contributed by atoms with Gasteiger partial charge in [-0.1, -0.05) is 41.9 Å². The second-order valence-electron chi connectivity index (χ2n) is 8.31. The molecule has 0 atom stereocenters. The van der Waals surface area contributed by atoms with E-state index in [2.05, 4.69) is 45.2 Å². The highest BCUT2D eigenvalue weighted by molar-refractivity contribution is 9.10. The molecule has 0 aliphatic carbocycles. The highest BCUT2D eigenvalue weighted by atomic mass is 79.9. The molecular formula is C26H24BrFN4O. The van der Waals surface area contributed by atoms with Gasteiger partial charge in [0.15, 0.2) is 5.82 Å². The quantitative estimate of drug-likeness (QED) is 0.322. The standard InChI is InChI=1S/C26H24BrFN4O/c1-15(2)21-14-19(27)9-12-22(21)29-26(33)24-30-25(18-7-10-20(28)11-8-18)32(31-24)23-13-16(3)5-6-17(23)4/h5-15H,1-4H3,(H,29,33). The summed E-state index contributed by atoms with van der Waals surface area (Å²) in [7, 11) is 0. The highest BCUT2D eigenvalue weighted by Crippen LogP contribution is 2.29. The smallest absolute Gasteiger partial charge is 0.295 e. The molecule has 1 N–H and O–H groups in total. The third-order valence-electron chi connectivity index (χ3n) is 5.39. The minimum atomic E-state index is -0.411. The Bertz CT molecular complexity index is 1330. The van der Waals surface area contributed by atoms with Gasteiger partial charge in [0.2, 0.25) is 5.82 Å². The Balaban J connectivity index is 1.79. The van der Waals surface area contributed by atoms with Crippen LogP contribution in [0.25, 0.3) is 17.1 Å². The molecule has 1 aromatic heterocycles.